The van der Waals surface area contributed by atoms with Gasteiger partial charge in [-0.1, -0.05) is 6.92 Å². The minimum absolute atomic E-state index is 0.0653. The molecule has 0 aliphatic rings. The first-order valence-electron chi connectivity index (χ1n) is 6.88. The lowest BCUT2D eigenvalue weighted by atomic mass is 10.0. The van der Waals surface area contributed by atoms with E-state index in [4.69, 9.17) is 0 Å². The molecule has 0 bridgehead atoms. The monoisotopic (exact) mass is 280 g/mol. The Hall–Kier alpha value is -1.85. The molecule has 0 aliphatic carbocycles. The van der Waals surface area contributed by atoms with Gasteiger partial charge >= 0.3 is 0 Å². The largest absolute Gasteiger partial charge is 0.381 e. The van der Waals surface area contributed by atoms with Crippen molar-refractivity contribution in [2.75, 3.05) is 5.32 Å². The highest BCUT2D eigenvalue weighted by molar-refractivity contribution is 5.76. The van der Waals surface area contributed by atoms with Crippen molar-refractivity contribution in [3.8, 4) is 0 Å². The fourth-order valence-electron chi connectivity index (χ4n) is 1.61. The molecular formula is C14H24N4O2. The van der Waals surface area contributed by atoms with Crippen molar-refractivity contribution < 1.29 is 4.79 Å². The Morgan fingerprint density at radius 1 is 1.45 bits per heavy atom. The van der Waals surface area contributed by atoms with E-state index in [0.717, 1.165) is 11.1 Å². The molecule has 6 nitrogen and oxygen atoms in total. The number of anilines is 1. The maximum atomic E-state index is 11.9. The van der Waals surface area contributed by atoms with Crippen LogP contribution in [0, 0.1) is 0 Å². The van der Waals surface area contributed by atoms with Crippen molar-refractivity contribution in [3.05, 3.63) is 22.6 Å². The van der Waals surface area contributed by atoms with Crippen molar-refractivity contribution in [2.24, 2.45) is 0 Å². The number of carbonyl (C=O) groups excluding carboxylic acids is 1. The fourth-order valence-corrected chi connectivity index (χ4v) is 1.61. The van der Waals surface area contributed by atoms with Crippen molar-refractivity contribution in [3.63, 3.8) is 0 Å². The van der Waals surface area contributed by atoms with Crippen LogP contribution in [0.2, 0.25) is 0 Å². The normalized spacial score (nSPS) is 11.5. The van der Waals surface area contributed by atoms with Crippen LogP contribution in [0.15, 0.2) is 17.1 Å². The first-order valence-corrected chi connectivity index (χ1v) is 6.88. The topological polar surface area (TPSA) is 76.0 Å². The van der Waals surface area contributed by atoms with E-state index in [1.165, 1.54) is 6.07 Å². The van der Waals surface area contributed by atoms with E-state index in [0.29, 0.717) is 5.69 Å². The van der Waals surface area contributed by atoms with E-state index in [1.54, 1.807) is 6.20 Å². The van der Waals surface area contributed by atoms with Crippen LogP contribution < -0.4 is 16.2 Å². The van der Waals surface area contributed by atoms with Gasteiger partial charge in [-0.25, -0.2) is 4.68 Å². The van der Waals surface area contributed by atoms with E-state index in [9.17, 15) is 9.59 Å². The Balaban J connectivity index is 2.74. The number of hydrogen-bond donors (Lipinski definition) is 2. The van der Waals surface area contributed by atoms with E-state index in [1.807, 2.05) is 34.6 Å². The summed E-state index contributed by atoms with van der Waals surface area (Å²) in [5.74, 6) is -0.212. The molecule has 0 saturated heterocycles. The summed E-state index contributed by atoms with van der Waals surface area (Å²) in [6.45, 7) is 9.77. The van der Waals surface area contributed by atoms with Crippen LogP contribution in [0.25, 0.3) is 0 Å². The standard InChI is InChI=1S/C14H24N4O2/c1-6-14(4,5)17-12(19)9-18-13(20)7-11(8-15-18)16-10(2)3/h7-8,10,16H,6,9H2,1-5H3,(H,17,19). The van der Waals surface area contributed by atoms with Gasteiger partial charge in [-0.2, -0.15) is 5.10 Å². The highest BCUT2D eigenvalue weighted by Gasteiger charge is 2.18. The molecule has 0 atom stereocenters. The lowest BCUT2D eigenvalue weighted by Crippen LogP contribution is -2.45. The average Bonchev–Trinajstić information content (AvgIpc) is 2.31. The summed E-state index contributed by atoms with van der Waals surface area (Å²) in [7, 11) is 0. The summed E-state index contributed by atoms with van der Waals surface area (Å²) in [5.41, 5.74) is 0.0930. The first-order chi connectivity index (χ1) is 9.23. The van der Waals surface area contributed by atoms with Crippen LogP contribution in [0.4, 0.5) is 5.69 Å². The van der Waals surface area contributed by atoms with Gasteiger partial charge < -0.3 is 10.6 Å². The third-order valence-electron chi connectivity index (χ3n) is 2.98. The third kappa shape index (κ3) is 5.03. The summed E-state index contributed by atoms with van der Waals surface area (Å²) < 4.78 is 1.16. The number of rotatable bonds is 6. The number of carbonyl (C=O) groups is 1. The van der Waals surface area contributed by atoms with Gasteiger partial charge in [-0.15, -0.1) is 0 Å². The summed E-state index contributed by atoms with van der Waals surface area (Å²) in [6.07, 6.45) is 2.37. The number of aromatic nitrogens is 2. The van der Waals surface area contributed by atoms with Gasteiger partial charge in [0, 0.05) is 17.6 Å². The molecule has 0 radical (unpaired) electrons. The van der Waals surface area contributed by atoms with Gasteiger partial charge in [0.2, 0.25) is 5.91 Å². The van der Waals surface area contributed by atoms with Crippen LogP contribution in [0.1, 0.15) is 41.0 Å². The van der Waals surface area contributed by atoms with Crippen LogP contribution >= 0.6 is 0 Å². The molecule has 1 amide bonds. The summed E-state index contributed by atoms with van der Waals surface area (Å²) >= 11 is 0. The first kappa shape index (κ1) is 16.2. The molecule has 2 N–H and O–H groups in total. The Kier molecular flexibility index (Phi) is 5.30. The summed E-state index contributed by atoms with van der Waals surface area (Å²) in [5, 5.41) is 9.98. The van der Waals surface area contributed by atoms with E-state index < -0.39 is 0 Å². The molecule has 1 aromatic rings. The Morgan fingerprint density at radius 2 is 2.10 bits per heavy atom. The van der Waals surface area contributed by atoms with E-state index in [-0.39, 0.29) is 29.6 Å². The quantitative estimate of drug-likeness (QED) is 0.825. The molecule has 0 unspecified atom stereocenters. The predicted molar refractivity (Wildman–Crippen MR) is 79.8 cm³/mol. The van der Waals surface area contributed by atoms with Gasteiger partial charge in [-0.05, 0) is 34.1 Å². The molecule has 1 heterocycles. The van der Waals surface area contributed by atoms with Crippen LogP contribution in [0.3, 0.4) is 0 Å². The van der Waals surface area contributed by atoms with Crippen molar-refractivity contribution >= 4 is 11.6 Å². The van der Waals surface area contributed by atoms with Gasteiger partial charge in [0.15, 0.2) is 0 Å². The van der Waals surface area contributed by atoms with Crippen LogP contribution in [-0.4, -0.2) is 27.3 Å². The smallest absolute Gasteiger partial charge is 0.269 e. The minimum Gasteiger partial charge on any atom is -0.381 e. The Labute approximate surface area is 119 Å². The maximum Gasteiger partial charge on any atom is 0.269 e. The van der Waals surface area contributed by atoms with Gasteiger partial charge in [0.05, 0.1) is 11.9 Å². The third-order valence-corrected chi connectivity index (χ3v) is 2.98. The molecule has 0 fully saturated rings. The molecule has 0 aliphatic heterocycles. The Morgan fingerprint density at radius 3 is 2.60 bits per heavy atom. The fraction of sp³-hybridized carbons (Fsp3) is 0.643. The minimum atomic E-state index is -0.292. The van der Waals surface area contributed by atoms with Crippen molar-refractivity contribution in [1.29, 1.82) is 0 Å². The molecule has 0 saturated carbocycles. The lowest BCUT2D eigenvalue weighted by molar-refractivity contribution is -0.123. The van der Waals surface area contributed by atoms with Gasteiger partial charge in [0.25, 0.3) is 5.56 Å². The van der Waals surface area contributed by atoms with E-state index >= 15 is 0 Å². The Bertz CT molecular complexity index is 520. The predicted octanol–water partition coefficient (Wildman–Crippen LogP) is 1.37. The highest BCUT2D eigenvalue weighted by Crippen LogP contribution is 2.06. The second kappa shape index (κ2) is 6.54. The number of hydrogen-bond acceptors (Lipinski definition) is 4. The van der Waals surface area contributed by atoms with E-state index in [2.05, 4.69) is 15.7 Å². The zero-order chi connectivity index (χ0) is 15.3. The highest BCUT2D eigenvalue weighted by atomic mass is 16.2. The average molecular weight is 280 g/mol. The van der Waals surface area contributed by atoms with Crippen molar-refractivity contribution in [2.45, 2.75) is 59.2 Å². The second-order valence-electron chi connectivity index (χ2n) is 5.82. The lowest BCUT2D eigenvalue weighted by Gasteiger charge is -2.24. The zero-order valence-corrected chi connectivity index (χ0v) is 12.9. The van der Waals surface area contributed by atoms with Gasteiger partial charge in [0.1, 0.15) is 6.54 Å². The number of nitrogens with zero attached hydrogens (tertiary/aromatic N) is 2. The van der Waals surface area contributed by atoms with Crippen molar-refractivity contribution in [1.82, 2.24) is 15.1 Å². The molecule has 1 aromatic heterocycles. The maximum absolute atomic E-state index is 11.9. The SMILES string of the molecule is CCC(C)(C)NC(=O)Cn1ncc(NC(C)C)cc1=O. The summed E-state index contributed by atoms with van der Waals surface area (Å²) in [6, 6.07) is 1.67. The molecule has 6 heteroatoms. The van der Waals surface area contributed by atoms with Crippen LogP contribution in [0.5, 0.6) is 0 Å². The number of nitrogens with one attached hydrogen (secondary N) is 2. The van der Waals surface area contributed by atoms with Crippen LogP contribution in [-0.2, 0) is 11.3 Å². The molecule has 0 spiro atoms. The van der Waals surface area contributed by atoms with Gasteiger partial charge in [-0.3, -0.25) is 9.59 Å². The second-order valence-corrected chi connectivity index (χ2v) is 5.82. The number of amides is 1. The molecule has 112 valence electrons. The molecular weight excluding hydrogens is 256 g/mol. The molecule has 20 heavy (non-hydrogen) atoms. The summed E-state index contributed by atoms with van der Waals surface area (Å²) in [4.78, 5) is 23.7. The molecule has 0 aromatic carbocycles. The zero-order valence-electron chi connectivity index (χ0n) is 12.9. The molecule has 1 rings (SSSR count).